The Balaban J connectivity index is 2.83. The number of nitrogens with one attached hydrogen (secondary N) is 2. The number of nitrogens with zero attached hydrogens (tertiary/aromatic N) is 2. The quantitative estimate of drug-likeness (QED) is 0.797. The largest absolute Gasteiger partial charge is 0.373 e. The minimum absolute atomic E-state index is 0.430. The number of rotatable bonds is 6. The van der Waals surface area contributed by atoms with Gasteiger partial charge in [0.2, 0.25) is 0 Å². The van der Waals surface area contributed by atoms with Gasteiger partial charge in [0.15, 0.2) is 0 Å². The average molecular weight is 236 g/mol. The van der Waals surface area contributed by atoms with Crippen LogP contribution in [0.2, 0.25) is 0 Å². The summed E-state index contributed by atoms with van der Waals surface area (Å²) in [5.41, 5.74) is 1.16. The van der Waals surface area contributed by atoms with E-state index in [0.717, 1.165) is 30.0 Å². The lowest BCUT2D eigenvalue weighted by Gasteiger charge is -2.19. The molecule has 0 aliphatic carbocycles. The Kier molecular flexibility index (Phi) is 5.19. The van der Waals surface area contributed by atoms with Crippen molar-refractivity contribution in [1.82, 2.24) is 9.97 Å². The normalized spacial score (nSPS) is 12.6. The van der Waals surface area contributed by atoms with Gasteiger partial charge in [0, 0.05) is 18.7 Å². The van der Waals surface area contributed by atoms with Crippen molar-refractivity contribution in [3.63, 3.8) is 0 Å². The Morgan fingerprint density at radius 1 is 1.18 bits per heavy atom. The molecule has 1 unspecified atom stereocenters. The maximum absolute atomic E-state index is 4.34. The lowest BCUT2D eigenvalue weighted by atomic mass is 10.0. The highest BCUT2D eigenvalue weighted by Crippen LogP contribution is 2.21. The molecule has 4 heteroatoms. The van der Waals surface area contributed by atoms with Crippen molar-refractivity contribution >= 4 is 11.6 Å². The molecule has 0 saturated heterocycles. The molecule has 4 nitrogen and oxygen atoms in total. The van der Waals surface area contributed by atoms with Crippen LogP contribution in [-0.2, 0) is 6.42 Å². The fourth-order valence-corrected chi connectivity index (χ4v) is 2.09. The molecule has 1 atom stereocenters. The van der Waals surface area contributed by atoms with Crippen LogP contribution in [0.5, 0.6) is 0 Å². The molecule has 17 heavy (non-hydrogen) atoms. The molecule has 0 aliphatic heterocycles. The van der Waals surface area contributed by atoms with Crippen molar-refractivity contribution < 1.29 is 0 Å². The summed E-state index contributed by atoms with van der Waals surface area (Å²) in [6, 6.07) is 0.430. The molecule has 1 rings (SSSR count). The first-order valence-corrected chi connectivity index (χ1v) is 6.36. The Labute approximate surface area is 104 Å². The average Bonchev–Trinajstić information content (AvgIpc) is 2.27. The highest BCUT2D eigenvalue weighted by atomic mass is 15.1. The van der Waals surface area contributed by atoms with Gasteiger partial charge in [-0.25, -0.2) is 9.97 Å². The first-order chi connectivity index (χ1) is 8.08. The lowest BCUT2D eigenvalue weighted by molar-refractivity contribution is 0.538. The highest BCUT2D eigenvalue weighted by Gasteiger charge is 2.11. The predicted octanol–water partition coefficient (Wildman–Crippen LogP) is 2.93. The Morgan fingerprint density at radius 2 is 1.82 bits per heavy atom. The summed E-state index contributed by atoms with van der Waals surface area (Å²) >= 11 is 0. The van der Waals surface area contributed by atoms with Crippen LogP contribution in [0.1, 0.15) is 39.7 Å². The van der Waals surface area contributed by atoms with Gasteiger partial charge in [-0.05, 0) is 25.7 Å². The second-order valence-electron chi connectivity index (χ2n) is 4.83. The van der Waals surface area contributed by atoms with E-state index in [-0.39, 0.29) is 0 Å². The first kappa shape index (κ1) is 13.7. The molecule has 96 valence electrons. The van der Waals surface area contributed by atoms with Crippen molar-refractivity contribution in [3.05, 3.63) is 11.9 Å². The van der Waals surface area contributed by atoms with E-state index < -0.39 is 0 Å². The van der Waals surface area contributed by atoms with Crippen molar-refractivity contribution in [2.45, 2.75) is 46.6 Å². The minimum Gasteiger partial charge on any atom is -0.373 e. The first-order valence-electron chi connectivity index (χ1n) is 6.36. The molecule has 1 aromatic heterocycles. The fraction of sp³-hybridized carbons (Fsp3) is 0.692. The predicted molar refractivity (Wildman–Crippen MR) is 73.5 cm³/mol. The Hall–Kier alpha value is -1.32. The fourth-order valence-electron chi connectivity index (χ4n) is 2.09. The van der Waals surface area contributed by atoms with Gasteiger partial charge in [0.1, 0.15) is 18.0 Å². The van der Waals surface area contributed by atoms with Crippen LogP contribution in [0, 0.1) is 5.92 Å². The van der Waals surface area contributed by atoms with Crippen LogP contribution >= 0.6 is 0 Å². The maximum atomic E-state index is 4.34. The zero-order valence-electron chi connectivity index (χ0n) is 11.5. The molecular formula is C13H24N4. The summed E-state index contributed by atoms with van der Waals surface area (Å²) < 4.78 is 0. The summed E-state index contributed by atoms with van der Waals surface area (Å²) in [7, 11) is 1.89. The number of hydrogen-bond donors (Lipinski definition) is 2. The minimum atomic E-state index is 0.430. The highest BCUT2D eigenvalue weighted by molar-refractivity contribution is 5.57. The van der Waals surface area contributed by atoms with Crippen molar-refractivity contribution in [3.8, 4) is 0 Å². The molecule has 2 N–H and O–H groups in total. The molecule has 0 saturated carbocycles. The van der Waals surface area contributed by atoms with Gasteiger partial charge in [-0.15, -0.1) is 0 Å². The van der Waals surface area contributed by atoms with Crippen molar-refractivity contribution in [2.24, 2.45) is 5.92 Å². The summed E-state index contributed by atoms with van der Waals surface area (Å²) in [6.07, 6.45) is 3.67. The van der Waals surface area contributed by atoms with Gasteiger partial charge in [0.25, 0.3) is 0 Å². The van der Waals surface area contributed by atoms with Gasteiger partial charge >= 0.3 is 0 Å². The SMILES string of the molecule is CCc1c(NC)ncnc1NC(C)CC(C)C. The molecular weight excluding hydrogens is 212 g/mol. The van der Waals surface area contributed by atoms with E-state index in [9.17, 15) is 0 Å². The zero-order chi connectivity index (χ0) is 12.8. The van der Waals surface area contributed by atoms with Gasteiger partial charge in [0.05, 0.1) is 0 Å². The van der Waals surface area contributed by atoms with E-state index in [4.69, 9.17) is 0 Å². The number of anilines is 2. The number of hydrogen-bond acceptors (Lipinski definition) is 4. The molecule has 0 radical (unpaired) electrons. The van der Waals surface area contributed by atoms with E-state index in [1.807, 2.05) is 7.05 Å². The molecule has 0 spiro atoms. The van der Waals surface area contributed by atoms with Crippen LogP contribution in [0.25, 0.3) is 0 Å². The van der Waals surface area contributed by atoms with E-state index in [1.165, 1.54) is 0 Å². The molecule has 0 aliphatic rings. The van der Waals surface area contributed by atoms with Crippen LogP contribution in [-0.4, -0.2) is 23.1 Å². The lowest BCUT2D eigenvalue weighted by Crippen LogP contribution is -2.20. The molecule has 0 bridgehead atoms. The smallest absolute Gasteiger partial charge is 0.134 e. The zero-order valence-corrected chi connectivity index (χ0v) is 11.5. The van der Waals surface area contributed by atoms with E-state index in [1.54, 1.807) is 6.33 Å². The monoisotopic (exact) mass is 236 g/mol. The third-order valence-corrected chi connectivity index (χ3v) is 2.74. The Bertz CT molecular complexity index is 349. The van der Waals surface area contributed by atoms with Crippen molar-refractivity contribution in [2.75, 3.05) is 17.7 Å². The van der Waals surface area contributed by atoms with Gasteiger partial charge < -0.3 is 10.6 Å². The second-order valence-corrected chi connectivity index (χ2v) is 4.83. The van der Waals surface area contributed by atoms with Crippen molar-refractivity contribution in [1.29, 1.82) is 0 Å². The van der Waals surface area contributed by atoms with Crippen LogP contribution in [0.4, 0.5) is 11.6 Å². The third-order valence-electron chi connectivity index (χ3n) is 2.74. The third kappa shape index (κ3) is 3.88. The summed E-state index contributed by atoms with van der Waals surface area (Å²) in [5, 5.41) is 6.59. The van der Waals surface area contributed by atoms with Gasteiger partial charge in [-0.2, -0.15) is 0 Å². The second kappa shape index (κ2) is 6.42. The van der Waals surface area contributed by atoms with E-state index >= 15 is 0 Å². The van der Waals surface area contributed by atoms with Crippen LogP contribution in [0.15, 0.2) is 6.33 Å². The van der Waals surface area contributed by atoms with Gasteiger partial charge in [-0.3, -0.25) is 0 Å². The molecule has 0 amide bonds. The summed E-state index contributed by atoms with van der Waals surface area (Å²) in [6.45, 7) is 8.79. The Morgan fingerprint density at radius 3 is 2.35 bits per heavy atom. The summed E-state index contributed by atoms with van der Waals surface area (Å²) in [5.74, 6) is 2.56. The molecule has 0 fully saturated rings. The molecule has 1 heterocycles. The number of aromatic nitrogens is 2. The summed E-state index contributed by atoms with van der Waals surface area (Å²) in [4.78, 5) is 8.58. The van der Waals surface area contributed by atoms with E-state index in [0.29, 0.717) is 12.0 Å². The van der Waals surface area contributed by atoms with E-state index in [2.05, 4.69) is 48.3 Å². The standard InChI is InChI=1S/C13H24N4/c1-6-11-12(14-5)15-8-16-13(11)17-10(4)7-9(2)3/h8-10H,6-7H2,1-5H3,(H2,14,15,16,17). The van der Waals surface area contributed by atoms with Crippen LogP contribution < -0.4 is 10.6 Å². The molecule has 1 aromatic rings. The molecule has 0 aromatic carbocycles. The maximum Gasteiger partial charge on any atom is 0.134 e. The van der Waals surface area contributed by atoms with Gasteiger partial charge in [-0.1, -0.05) is 20.8 Å². The topological polar surface area (TPSA) is 49.8 Å². The van der Waals surface area contributed by atoms with Crippen LogP contribution in [0.3, 0.4) is 0 Å².